The molecule has 1 aromatic carbocycles. The molecule has 0 aliphatic rings. The minimum Gasteiger partial charge on any atom is -0.493 e. The number of benzene rings is 1. The number of nitrogen functional groups attached to an aromatic ring is 1. The smallest absolute Gasteiger partial charge is 0.163 e. The van der Waals surface area contributed by atoms with Crippen molar-refractivity contribution in [1.82, 2.24) is 0 Å². The van der Waals surface area contributed by atoms with E-state index < -0.39 is 0 Å². The maximum atomic E-state index is 11.3. The van der Waals surface area contributed by atoms with Crippen LogP contribution in [0.5, 0.6) is 5.75 Å². The van der Waals surface area contributed by atoms with Crippen molar-refractivity contribution in [2.75, 3.05) is 12.3 Å². The average molecular weight is 193 g/mol. The van der Waals surface area contributed by atoms with Gasteiger partial charge in [-0.05, 0) is 32.4 Å². The average Bonchev–Trinajstić information content (AvgIpc) is 2.11. The molecule has 0 heterocycles. The first kappa shape index (κ1) is 10.6. The van der Waals surface area contributed by atoms with Crippen LogP contribution in [0, 0.1) is 6.92 Å². The van der Waals surface area contributed by atoms with E-state index >= 15 is 0 Å². The number of hydrogen-bond donors (Lipinski definition) is 1. The van der Waals surface area contributed by atoms with Crippen LogP contribution in [0.1, 0.15) is 29.8 Å². The molecule has 1 aromatic rings. The SMILES string of the molecule is CCOc1cc(N)c(C)cc1C(C)=O. The fraction of sp³-hybridized carbons (Fsp3) is 0.364. The van der Waals surface area contributed by atoms with Crippen molar-refractivity contribution in [3.8, 4) is 5.75 Å². The van der Waals surface area contributed by atoms with Crippen molar-refractivity contribution in [2.45, 2.75) is 20.8 Å². The van der Waals surface area contributed by atoms with Gasteiger partial charge >= 0.3 is 0 Å². The number of hydrogen-bond acceptors (Lipinski definition) is 3. The third-order valence-corrected chi connectivity index (χ3v) is 2.05. The zero-order valence-corrected chi connectivity index (χ0v) is 8.76. The molecular weight excluding hydrogens is 178 g/mol. The summed E-state index contributed by atoms with van der Waals surface area (Å²) >= 11 is 0. The third kappa shape index (κ3) is 2.05. The van der Waals surface area contributed by atoms with E-state index in [0.717, 1.165) is 5.56 Å². The summed E-state index contributed by atoms with van der Waals surface area (Å²) < 4.78 is 5.33. The Bertz CT molecular complexity index is 359. The minimum atomic E-state index is -0.00319. The predicted molar refractivity (Wildman–Crippen MR) is 56.8 cm³/mol. The van der Waals surface area contributed by atoms with Gasteiger partial charge in [0.15, 0.2) is 5.78 Å². The zero-order chi connectivity index (χ0) is 10.7. The van der Waals surface area contributed by atoms with Crippen molar-refractivity contribution in [2.24, 2.45) is 0 Å². The first-order chi connectivity index (χ1) is 6.56. The number of Topliss-reactive ketones (excluding diaryl/α,β-unsaturated/α-hetero) is 1. The summed E-state index contributed by atoms with van der Waals surface area (Å²) in [6.07, 6.45) is 0. The van der Waals surface area contributed by atoms with Crippen LogP contribution in [0.15, 0.2) is 12.1 Å². The molecule has 2 N–H and O–H groups in total. The van der Waals surface area contributed by atoms with Gasteiger partial charge in [-0.3, -0.25) is 4.79 Å². The molecule has 0 spiro atoms. The van der Waals surface area contributed by atoms with E-state index in [-0.39, 0.29) is 5.78 Å². The second-order valence-corrected chi connectivity index (χ2v) is 3.19. The molecule has 0 radical (unpaired) electrons. The first-order valence-corrected chi connectivity index (χ1v) is 4.60. The number of anilines is 1. The predicted octanol–water partition coefficient (Wildman–Crippen LogP) is 2.18. The lowest BCUT2D eigenvalue weighted by Crippen LogP contribution is -2.03. The van der Waals surface area contributed by atoms with Gasteiger partial charge in [0, 0.05) is 11.8 Å². The Morgan fingerprint density at radius 1 is 1.50 bits per heavy atom. The zero-order valence-electron chi connectivity index (χ0n) is 8.76. The molecule has 0 unspecified atom stereocenters. The van der Waals surface area contributed by atoms with Crippen molar-refractivity contribution < 1.29 is 9.53 Å². The fourth-order valence-electron chi connectivity index (χ4n) is 1.25. The Hall–Kier alpha value is -1.51. The largest absolute Gasteiger partial charge is 0.493 e. The van der Waals surface area contributed by atoms with Crippen LogP contribution in [0.25, 0.3) is 0 Å². The number of nitrogens with two attached hydrogens (primary N) is 1. The summed E-state index contributed by atoms with van der Waals surface area (Å²) in [5.74, 6) is 0.569. The van der Waals surface area contributed by atoms with E-state index in [9.17, 15) is 4.79 Å². The van der Waals surface area contributed by atoms with E-state index in [4.69, 9.17) is 10.5 Å². The van der Waals surface area contributed by atoms with Gasteiger partial charge in [0.25, 0.3) is 0 Å². The molecule has 76 valence electrons. The molecule has 0 atom stereocenters. The lowest BCUT2D eigenvalue weighted by Gasteiger charge is -2.10. The summed E-state index contributed by atoms with van der Waals surface area (Å²) in [5, 5.41) is 0. The van der Waals surface area contributed by atoms with Gasteiger partial charge in [-0.2, -0.15) is 0 Å². The number of rotatable bonds is 3. The standard InChI is InChI=1S/C11H15NO2/c1-4-14-11-6-10(12)7(2)5-9(11)8(3)13/h5-6H,4,12H2,1-3H3. The molecule has 0 amide bonds. The van der Waals surface area contributed by atoms with Gasteiger partial charge < -0.3 is 10.5 Å². The fourth-order valence-corrected chi connectivity index (χ4v) is 1.25. The van der Waals surface area contributed by atoms with Gasteiger partial charge in [-0.1, -0.05) is 0 Å². The van der Waals surface area contributed by atoms with Gasteiger partial charge in [-0.15, -0.1) is 0 Å². The Labute approximate surface area is 83.9 Å². The van der Waals surface area contributed by atoms with Crippen molar-refractivity contribution in [1.29, 1.82) is 0 Å². The van der Waals surface area contributed by atoms with E-state index in [0.29, 0.717) is 23.6 Å². The van der Waals surface area contributed by atoms with Crippen LogP contribution in [0.2, 0.25) is 0 Å². The van der Waals surface area contributed by atoms with Gasteiger partial charge in [-0.25, -0.2) is 0 Å². The molecule has 0 bridgehead atoms. The number of aryl methyl sites for hydroxylation is 1. The first-order valence-electron chi connectivity index (χ1n) is 4.60. The lowest BCUT2D eigenvalue weighted by atomic mass is 10.1. The third-order valence-electron chi connectivity index (χ3n) is 2.05. The van der Waals surface area contributed by atoms with Crippen LogP contribution in [-0.2, 0) is 0 Å². The van der Waals surface area contributed by atoms with E-state index in [1.165, 1.54) is 6.92 Å². The molecule has 0 saturated heterocycles. The lowest BCUT2D eigenvalue weighted by molar-refractivity contribution is 0.101. The van der Waals surface area contributed by atoms with Crippen LogP contribution in [0.4, 0.5) is 5.69 Å². The molecule has 0 fully saturated rings. The van der Waals surface area contributed by atoms with Crippen LogP contribution in [-0.4, -0.2) is 12.4 Å². The van der Waals surface area contributed by atoms with E-state index in [1.807, 2.05) is 13.8 Å². The minimum absolute atomic E-state index is 0.00319. The Kier molecular flexibility index (Phi) is 3.12. The molecule has 0 aliphatic carbocycles. The summed E-state index contributed by atoms with van der Waals surface area (Å²) in [4.78, 5) is 11.3. The molecule has 3 heteroatoms. The van der Waals surface area contributed by atoms with Crippen molar-refractivity contribution >= 4 is 11.5 Å². The summed E-state index contributed by atoms with van der Waals surface area (Å²) in [6.45, 7) is 5.80. The van der Waals surface area contributed by atoms with Crippen molar-refractivity contribution in [3.05, 3.63) is 23.3 Å². The highest BCUT2D eigenvalue weighted by Crippen LogP contribution is 2.25. The van der Waals surface area contributed by atoms with Crippen LogP contribution >= 0.6 is 0 Å². The summed E-state index contributed by atoms with van der Waals surface area (Å²) in [6, 6.07) is 3.47. The second-order valence-electron chi connectivity index (χ2n) is 3.19. The summed E-state index contributed by atoms with van der Waals surface area (Å²) in [7, 11) is 0. The molecule has 14 heavy (non-hydrogen) atoms. The molecular formula is C11H15NO2. The summed E-state index contributed by atoms with van der Waals surface area (Å²) in [5.41, 5.74) is 7.88. The molecule has 1 rings (SSSR count). The maximum absolute atomic E-state index is 11.3. The number of carbonyl (C=O) groups excluding carboxylic acids is 1. The van der Waals surface area contributed by atoms with Gasteiger partial charge in [0.1, 0.15) is 5.75 Å². The van der Waals surface area contributed by atoms with Gasteiger partial charge in [0.05, 0.1) is 12.2 Å². The number of carbonyl (C=O) groups is 1. The number of ketones is 1. The Morgan fingerprint density at radius 2 is 2.14 bits per heavy atom. The van der Waals surface area contributed by atoms with E-state index in [1.54, 1.807) is 12.1 Å². The molecule has 3 nitrogen and oxygen atoms in total. The van der Waals surface area contributed by atoms with Gasteiger partial charge in [0.2, 0.25) is 0 Å². The topological polar surface area (TPSA) is 52.3 Å². The second kappa shape index (κ2) is 4.13. The molecule has 0 aliphatic heterocycles. The Balaban J connectivity index is 3.24. The number of ether oxygens (including phenoxy) is 1. The van der Waals surface area contributed by atoms with Crippen LogP contribution in [0.3, 0.4) is 0 Å². The van der Waals surface area contributed by atoms with Crippen LogP contribution < -0.4 is 10.5 Å². The molecule has 0 aromatic heterocycles. The Morgan fingerprint density at radius 3 is 2.64 bits per heavy atom. The highest BCUT2D eigenvalue weighted by Gasteiger charge is 2.10. The normalized spacial score (nSPS) is 9.93. The van der Waals surface area contributed by atoms with Crippen molar-refractivity contribution in [3.63, 3.8) is 0 Å². The maximum Gasteiger partial charge on any atom is 0.163 e. The quantitative estimate of drug-likeness (QED) is 0.591. The molecule has 0 saturated carbocycles. The highest BCUT2D eigenvalue weighted by atomic mass is 16.5. The monoisotopic (exact) mass is 193 g/mol. The highest BCUT2D eigenvalue weighted by molar-refractivity contribution is 5.97. The van der Waals surface area contributed by atoms with E-state index in [2.05, 4.69) is 0 Å².